The van der Waals surface area contributed by atoms with Crippen LogP contribution in [0.4, 0.5) is 5.13 Å². The number of aliphatic hydroxyl groups excluding tert-OH is 1. The molecule has 1 aliphatic heterocycles. The van der Waals surface area contributed by atoms with E-state index < -0.39 is 17.7 Å². The van der Waals surface area contributed by atoms with Crippen molar-refractivity contribution < 1.29 is 19.4 Å². The van der Waals surface area contributed by atoms with Gasteiger partial charge in [0.2, 0.25) is 0 Å². The van der Waals surface area contributed by atoms with Gasteiger partial charge in [0.1, 0.15) is 11.5 Å². The van der Waals surface area contributed by atoms with Crippen molar-refractivity contribution in [3.8, 4) is 5.75 Å². The maximum absolute atomic E-state index is 13.6. The lowest BCUT2D eigenvalue weighted by Crippen LogP contribution is -2.29. The largest absolute Gasteiger partial charge is 0.507 e. The Kier molecular flexibility index (Phi) is 6.12. The molecule has 1 unspecified atom stereocenters. The minimum Gasteiger partial charge on any atom is -0.507 e. The molecule has 0 aliphatic carbocycles. The summed E-state index contributed by atoms with van der Waals surface area (Å²) in [5.41, 5.74) is 6.81. The highest BCUT2D eigenvalue weighted by molar-refractivity contribution is 7.22. The summed E-state index contributed by atoms with van der Waals surface area (Å²) in [4.78, 5) is 33.3. The van der Waals surface area contributed by atoms with Crippen LogP contribution >= 0.6 is 11.3 Å². The van der Waals surface area contributed by atoms with Crippen molar-refractivity contribution in [3.05, 3.63) is 93.0 Å². The summed E-state index contributed by atoms with van der Waals surface area (Å²) < 4.78 is 6.35. The van der Waals surface area contributed by atoms with Crippen molar-refractivity contribution >= 4 is 44.1 Å². The van der Waals surface area contributed by atoms with Crippen molar-refractivity contribution in [3.63, 3.8) is 0 Å². The standard InChI is InChI=1S/C30H28N2O4S/c1-15-8-7-9-20(10-15)26-25(27(33)21-11-19(5)23(36-6)13-18(21)4)28(34)29(35)32(26)30-31-22-12-16(2)17(3)14-24(22)37-30/h7-14,26,33H,1-6H3/b27-25+. The molecular weight excluding hydrogens is 484 g/mol. The lowest BCUT2D eigenvalue weighted by atomic mass is 9.92. The van der Waals surface area contributed by atoms with E-state index in [0.717, 1.165) is 43.6 Å². The fraction of sp³-hybridized carbons (Fsp3) is 0.233. The maximum atomic E-state index is 13.6. The number of anilines is 1. The number of benzene rings is 3. The molecule has 2 heterocycles. The van der Waals surface area contributed by atoms with Gasteiger partial charge in [0.15, 0.2) is 5.13 Å². The molecular formula is C30H28N2O4S. The first-order valence-corrected chi connectivity index (χ1v) is 12.8. The Morgan fingerprint density at radius 2 is 1.68 bits per heavy atom. The van der Waals surface area contributed by atoms with Gasteiger partial charge in [-0.2, -0.15) is 0 Å². The summed E-state index contributed by atoms with van der Waals surface area (Å²) in [6, 6.07) is 14.5. The Morgan fingerprint density at radius 3 is 2.38 bits per heavy atom. The number of hydrogen-bond donors (Lipinski definition) is 1. The van der Waals surface area contributed by atoms with Crippen molar-refractivity contribution in [2.45, 2.75) is 40.7 Å². The van der Waals surface area contributed by atoms with Gasteiger partial charge in [-0.3, -0.25) is 14.5 Å². The molecule has 3 aromatic carbocycles. The van der Waals surface area contributed by atoms with Gasteiger partial charge in [-0.15, -0.1) is 0 Å². The fourth-order valence-electron chi connectivity index (χ4n) is 4.87. The van der Waals surface area contributed by atoms with Crippen LogP contribution in [0.5, 0.6) is 5.75 Å². The third kappa shape index (κ3) is 4.09. The summed E-state index contributed by atoms with van der Waals surface area (Å²) in [5, 5.41) is 12.0. The summed E-state index contributed by atoms with van der Waals surface area (Å²) in [7, 11) is 1.59. The first-order valence-electron chi connectivity index (χ1n) is 12.0. The van der Waals surface area contributed by atoms with Crippen LogP contribution in [0.1, 0.15) is 45.0 Å². The minimum absolute atomic E-state index is 0.0508. The molecule has 0 bridgehead atoms. The fourth-order valence-corrected chi connectivity index (χ4v) is 5.94. The highest BCUT2D eigenvalue weighted by atomic mass is 32.1. The second-order valence-electron chi connectivity index (χ2n) is 9.62. The van der Waals surface area contributed by atoms with Gasteiger partial charge in [-0.25, -0.2) is 4.98 Å². The number of hydrogen-bond acceptors (Lipinski definition) is 6. The number of rotatable bonds is 4. The third-order valence-corrected chi connectivity index (χ3v) is 8.02. The molecule has 0 radical (unpaired) electrons. The van der Waals surface area contributed by atoms with Gasteiger partial charge in [0.25, 0.3) is 5.78 Å². The monoisotopic (exact) mass is 512 g/mol. The molecule has 0 saturated carbocycles. The molecule has 1 aliphatic rings. The van der Waals surface area contributed by atoms with Gasteiger partial charge >= 0.3 is 5.91 Å². The van der Waals surface area contributed by atoms with E-state index >= 15 is 0 Å². The molecule has 6 nitrogen and oxygen atoms in total. The number of ketones is 1. The molecule has 1 saturated heterocycles. The first-order chi connectivity index (χ1) is 17.6. The van der Waals surface area contributed by atoms with Crippen LogP contribution in [-0.4, -0.2) is 28.9 Å². The van der Waals surface area contributed by atoms with Crippen LogP contribution in [0.2, 0.25) is 0 Å². The van der Waals surface area contributed by atoms with Crippen molar-refractivity contribution in [2.75, 3.05) is 12.0 Å². The first kappa shape index (κ1) is 24.7. The zero-order chi connectivity index (χ0) is 26.6. The summed E-state index contributed by atoms with van der Waals surface area (Å²) in [6.45, 7) is 9.72. The molecule has 5 rings (SSSR count). The van der Waals surface area contributed by atoms with Crippen LogP contribution in [0.25, 0.3) is 16.0 Å². The van der Waals surface area contributed by atoms with Gasteiger partial charge < -0.3 is 9.84 Å². The number of carbonyl (C=O) groups excluding carboxylic acids is 2. The Morgan fingerprint density at radius 1 is 0.946 bits per heavy atom. The number of fused-ring (bicyclic) bond motifs is 1. The van der Waals surface area contributed by atoms with Crippen LogP contribution in [0.15, 0.2) is 54.1 Å². The summed E-state index contributed by atoms with van der Waals surface area (Å²) >= 11 is 1.37. The van der Waals surface area contributed by atoms with E-state index in [0.29, 0.717) is 16.4 Å². The Balaban J connectivity index is 1.76. The molecule has 7 heteroatoms. The summed E-state index contributed by atoms with van der Waals surface area (Å²) in [5.74, 6) is -0.958. The molecule has 37 heavy (non-hydrogen) atoms. The number of carbonyl (C=O) groups is 2. The smallest absolute Gasteiger partial charge is 0.301 e. The molecule has 1 amide bonds. The summed E-state index contributed by atoms with van der Waals surface area (Å²) in [6.07, 6.45) is 0. The van der Waals surface area contributed by atoms with Crippen LogP contribution in [0.3, 0.4) is 0 Å². The second-order valence-corrected chi connectivity index (χ2v) is 10.6. The molecule has 1 N–H and O–H groups in total. The van der Waals surface area contributed by atoms with Crippen LogP contribution in [0, 0.1) is 34.6 Å². The van der Waals surface area contributed by atoms with E-state index in [1.165, 1.54) is 16.2 Å². The van der Waals surface area contributed by atoms with Crippen LogP contribution in [-0.2, 0) is 9.59 Å². The lowest BCUT2D eigenvalue weighted by Gasteiger charge is -2.23. The SMILES string of the molecule is COc1cc(C)c(/C(O)=C2\C(=O)C(=O)N(c3nc4cc(C)c(C)cc4s3)C2c2cccc(C)c2)cc1C. The van der Waals surface area contributed by atoms with E-state index in [-0.39, 0.29) is 11.3 Å². The normalized spacial score (nSPS) is 17.1. The van der Waals surface area contributed by atoms with E-state index in [9.17, 15) is 14.7 Å². The minimum atomic E-state index is -0.815. The highest BCUT2D eigenvalue weighted by Gasteiger charge is 2.48. The highest BCUT2D eigenvalue weighted by Crippen LogP contribution is 2.45. The molecule has 1 aromatic heterocycles. The van der Waals surface area contributed by atoms with E-state index in [4.69, 9.17) is 9.72 Å². The van der Waals surface area contributed by atoms with Crippen molar-refractivity contribution in [2.24, 2.45) is 0 Å². The maximum Gasteiger partial charge on any atom is 0.301 e. The number of methoxy groups -OCH3 is 1. The number of Topliss-reactive ketones (excluding diaryl/α,β-unsaturated/α-hetero) is 1. The third-order valence-electron chi connectivity index (χ3n) is 7.00. The molecule has 188 valence electrons. The average molecular weight is 513 g/mol. The van der Waals surface area contributed by atoms with Crippen molar-refractivity contribution in [1.29, 1.82) is 0 Å². The van der Waals surface area contributed by atoms with Gasteiger partial charge in [0, 0.05) is 5.56 Å². The van der Waals surface area contributed by atoms with Crippen LogP contribution < -0.4 is 9.64 Å². The zero-order valence-corrected chi connectivity index (χ0v) is 22.5. The van der Waals surface area contributed by atoms with E-state index in [1.807, 2.05) is 77.1 Å². The average Bonchev–Trinajstić information content (AvgIpc) is 3.37. The lowest BCUT2D eigenvalue weighted by molar-refractivity contribution is -0.132. The Hall–Kier alpha value is -3.97. The van der Waals surface area contributed by atoms with Gasteiger partial charge in [-0.1, -0.05) is 41.2 Å². The zero-order valence-electron chi connectivity index (χ0n) is 21.7. The van der Waals surface area contributed by atoms with E-state index in [1.54, 1.807) is 13.2 Å². The number of ether oxygens (including phenoxy) is 1. The quantitative estimate of drug-likeness (QED) is 0.192. The van der Waals surface area contributed by atoms with E-state index in [2.05, 4.69) is 0 Å². The number of thiazole rings is 1. The predicted molar refractivity (Wildman–Crippen MR) is 148 cm³/mol. The molecule has 1 atom stereocenters. The number of aromatic nitrogens is 1. The Bertz CT molecular complexity index is 1590. The van der Waals surface area contributed by atoms with Gasteiger partial charge in [0.05, 0.1) is 28.9 Å². The topological polar surface area (TPSA) is 79.7 Å². The Labute approximate surface area is 219 Å². The molecule has 0 spiro atoms. The van der Waals surface area contributed by atoms with Gasteiger partial charge in [-0.05, 0) is 86.7 Å². The number of aryl methyl sites for hydroxylation is 5. The number of amides is 1. The molecule has 1 fully saturated rings. The van der Waals surface area contributed by atoms with Crippen molar-refractivity contribution in [1.82, 2.24) is 4.98 Å². The molecule has 4 aromatic rings. The predicted octanol–water partition coefficient (Wildman–Crippen LogP) is 6.47. The number of nitrogens with zero attached hydrogens (tertiary/aromatic N) is 2. The second kappa shape index (κ2) is 9.16. The number of aliphatic hydroxyl groups is 1.